The van der Waals surface area contributed by atoms with Crippen molar-refractivity contribution in [3.05, 3.63) is 28.2 Å². The number of hydrogen-bond acceptors (Lipinski definition) is 6. The number of aromatic nitrogens is 5. The first-order valence-corrected chi connectivity index (χ1v) is 9.12. The Morgan fingerprint density at radius 2 is 2.14 bits per heavy atom. The molecule has 1 fully saturated rings. The van der Waals surface area contributed by atoms with Crippen molar-refractivity contribution < 1.29 is 9.90 Å². The molecule has 1 saturated carbocycles. The number of carbonyl (C=O) groups excluding carboxylic acids is 1. The number of nitrogens with zero attached hydrogens (tertiary/aromatic N) is 4. The maximum absolute atomic E-state index is 13.1. The maximum atomic E-state index is 13.1. The third-order valence-corrected chi connectivity index (χ3v) is 4.57. The molecule has 3 aromatic rings. The van der Waals surface area contributed by atoms with Gasteiger partial charge in [-0.3, -0.25) is 19.3 Å². The fraction of sp³-hybridized carbons (Fsp3) is 0.444. The van der Waals surface area contributed by atoms with E-state index in [9.17, 15) is 14.7 Å². The lowest BCUT2D eigenvalue weighted by Crippen LogP contribution is -2.37. The molecule has 5 N–H and O–H groups in total. The van der Waals surface area contributed by atoms with Gasteiger partial charge in [0.1, 0.15) is 11.3 Å². The molecule has 0 aliphatic heterocycles. The predicted octanol–water partition coefficient (Wildman–Crippen LogP) is 1.11. The molecule has 0 atom stereocenters. The number of nitrogens with two attached hydrogens (primary N) is 1. The standard InChI is InChI=1S/C18H23N7O3/c1-18(2,3)8-24-12-6-11(10-7-20-22-14(10)19)23-25(12)17(28)13(16(24)27)15(26)21-9-4-5-9/h6-7,9,28H,4-5,8H2,1-3H3,(H,21,26)(H3,19,20,22). The van der Waals surface area contributed by atoms with Crippen LogP contribution >= 0.6 is 0 Å². The summed E-state index contributed by atoms with van der Waals surface area (Å²) in [7, 11) is 0. The third-order valence-electron chi connectivity index (χ3n) is 4.57. The Hall–Kier alpha value is -3.30. The third kappa shape index (κ3) is 3.10. The van der Waals surface area contributed by atoms with Gasteiger partial charge in [0.05, 0.1) is 5.56 Å². The van der Waals surface area contributed by atoms with Gasteiger partial charge in [-0.2, -0.15) is 14.7 Å². The molecular formula is C18H23N7O3. The van der Waals surface area contributed by atoms with Gasteiger partial charge in [-0.25, -0.2) is 0 Å². The fourth-order valence-corrected chi connectivity index (χ4v) is 3.11. The quantitative estimate of drug-likeness (QED) is 0.530. The molecule has 0 saturated heterocycles. The molecule has 0 radical (unpaired) electrons. The van der Waals surface area contributed by atoms with Gasteiger partial charge in [0.15, 0.2) is 11.4 Å². The molecule has 0 aromatic carbocycles. The number of nitrogen functional groups attached to an aromatic ring is 1. The molecule has 4 rings (SSSR count). The summed E-state index contributed by atoms with van der Waals surface area (Å²) in [6, 6.07) is 1.70. The monoisotopic (exact) mass is 385 g/mol. The summed E-state index contributed by atoms with van der Waals surface area (Å²) in [6.45, 7) is 6.29. The number of hydrogen-bond donors (Lipinski definition) is 4. The summed E-state index contributed by atoms with van der Waals surface area (Å²) in [6.07, 6.45) is 3.33. The van der Waals surface area contributed by atoms with Gasteiger partial charge >= 0.3 is 0 Å². The first-order chi connectivity index (χ1) is 13.2. The average molecular weight is 385 g/mol. The summed E-state index contributed by atoms with van der Waals surface area (Å²) >= 11 is 0. The van der Waals surface area contributed by atoms with E-state index in [-0.39, 0.29) is 22.8 Å². The average Bonchev–Trinajstić information content (AvgIpc) is 3.12. The highest BCUT2D eigenvalue weighted by Gasteiger charge is 2.30. The van der Waals surface area contributed by atoms with E-state index < -0.39 is 17.3 Å². The van der Waals surface area contributed by atoms with E-state index in [0.717, 1.165) is 12.8 Å². The normalized spacial score (nSPS) is 14.5. The molecule has 0 bridgehead atoms. The highest BCUT2D eigenvalue weighted by molar-refractivity contribution is 5.96. The zero-order valence-corrected chi connectivity index (χ0v) is 16.0. The van der Waals surface area contributed by atoms with Gasteiger partial charge in [0.2, 0.25) is 5.88 Å². The van der Waals surface area contributed by atoms with Crippen molar-refractivity contribution in [2.24, 2.45) is 5.41 Å². The van der Waals surface area contributed by atoms with Crippen molar-refractivity contribution in [1.82, 2.24) is 29.7 Å². The van der Waals surface area contributed by atoms with Gasteiger partial charge in [0, 0.05) is 24.8 Å². The van der Waals surface area contributed by atoms with E-state index in [2.05, 4.69) is 20.6 Å². The molecule has 3 heterocycles. The topological polar surface area (TPSA) is 143 Å². The lowest BCUT2D eigenvalue weighted by Gasteiger charge is -2.21. The van der Waals surface area contributed by atoms with E-state index >= 15 is 0 Å². The molecule has 148 valence electrons. The Morgan fingerprint density at radius 1 is 1.43 bits per heavy atom. The lowest BCUT2D eigenvalue weighted by molar-refractivity contribution is 0.0944. The molecule has 10 heteroatoms. The van der Waals surface area contributed by atoms with E-state index in [0.29, 0.717) is 23.4 Å². The molecule has 0 unspecified atom stereocenters. The summed E-state index contributed by atoms with van der Waals surface area (Å²) < 4.78 is 2.67. The number of fused-ring (bicyclic) bond motifs is 1. The zero-order valence-electron chi connectivity index (χ0n) is 16.0. The molecule has 1 aliphatic rings. The summed E-state index contributed by atoms with van der Waals surface area (Å²) in [5, 5.41) is 24.4. The van der Waals surface area contributed by atoms with Crippen LogP contribution in [-0.2, 0) is 6.54 Å². The lowest BCUT2D eigenvalue weighted by atomic mass is 9.97. The number of carbonyl (C=O) groups is 1. The van der Waals surface area contributed by atoms with Gasteiger partial charge in [-0.15, -0.1) is 0 Å². The largest absolute Gasteiger partial charge is 0.492 e. The molecule has 0 spiro atoms. The van der Waals surface area contributed by atoms with E-state index in [1.807, 2.05) is 20.8 Å². The molecule has 3 aromatic heterocycles. The highest BCUT2D eigenvalue weighted by atomic mass is 16.3. The number of rotatable bonds is 4. The zero-order chi connectivity index (χ0) is 20.2. The summed E-state index contributed by atoms with van der Waals surface area (Å²) in [5.74, 6) is -0.828. The van der Waals surface area contributed by atoms with Crippen LogP contribution in [-0.4, -0.2) is 41.4 Å². The van der Waals surface area contributed by atoms with Crippen molar-refractivity contribution in [1.29, 1.82) is 0 Å². The SMILES string of the molecule is CC(C)(C)Cn1c(=O)c(C(=O)NC2CC2)c(O)n2nc(-c3c[nH]nc3N)cc12. The second kappa shape index (κ2) is 6.11. The second-order valence-electron chi connectivity index (χ2n) is 8.38. The highest BCUT2D eigenvalue weighted by Crippen LogP contribution is 2.28. The Kier molecular flexibility index (Phi) is 3.95. The van der Waals surface area contributed by atoms with Gasteiger partial charge in [0.25, 0.3) is 11.5 Å². The van der Waals surface area contributed by atoms with Crippen LogP contribution in [0.15, 0.2) is 17.1 Å². The number of aromatic amines is 1. The minimum Gasteiger partial charge on any atom is -0.492 e. The van der Waals surface area contributed by atoms with Crippen LogP contribution in [0.25, 0.3) is 16.9 Å². The van der Waals surface area contributed by atoms with Crippen LogP contribution in [0, 0.1) is 5.41 Å². The summed E-state index contributed by atoms with van der Waals surface area (Å²) in [4.78, 5) is 25.8. The van der Waals surface area contributed by atoms with Crippen LogP contribution < -0.4 is 16.6 Å². The molecule has 28 heavy (non-hydrogen) atoms. The molecular weight excluding hydrogens is 362 g/mol. The van der Waals surface area contributed by atoms with Crippen molar-refractivity contribution in [2.45, 2.75) is 46.2 Å². The minimum atomic E-state index is -0.588. The number of aromatic hydroxyl groups is 1. The van der Waals surface area contributed by atoms with Crippen LogP contribution in [0.1, 0.15) is 44.0 Å². The van der Waals surface area contributed by atoms with Crippen molar-refractivity contribution in [3.8, 4) is 17.1 Å². The Bertz CT molecular complexity index is 1130. The van der Waals surface area contributed by atoms with Gasteiger partial charge in [-0.1, -0.05) is 20.8 Å². The maximum Gasteiger partial charge on any atom is 0.270 e. The molecule has 1 amide bonds. The predicted molar refractivity (Wildman–Crippen MR) is 103 cm³/mol. The van der Waals surface area contributed by atoms with Crippen LogP contribution in [0.2, 0.25) is 0 Å². The number of H-pyrrole nitrogens is 1. The van der Waals surface area contributed by atoms with E-state index in [4.69, 9.17) is 5.73 Å². The Balaban J connectivity index is 1.96. The molecule has 1 aliphatic carbocycles. The number of anilines is 1. The second-order valence-corrected chi connectivity index (χ2v) is 8.38. The fourth-order valence-electron chi connectivity index (χ4n) is 3.11. The van der Waals surface area contributed by atoms with Crippen molar-refractivity contribution in [3.63, 3.8) is 0 Å². The smallest absolute Gasteiger partial charge is 0.270 e. The number of amides is 1. The van der Waals surface area contributed by atoms with E-state index in [1.54, 1.807) is 12.3 Å². The Morgan fingerprint density at radius 3 is 2.71 bits per heavy atom. The van der Waals surface area contributed by atoms with Gasteiger partial charge in [-0.05, 0) is 18.3 Å². The minimum absolute atomic E-state index is 0.0528. The Labute approximate surface area is 160 Å². The van der Waals surface area contributed by atoms with Crippen molar-refractivity contribution in [2.75, 3.05) is 5.73 Å². The molecule has 10 nitrogen and oxygen atoms in total. The first kappa shape index (κ1) is 18.1. The summed E-state index contributed by atoms with van der Waals surface area (Å²) in [5.41, 5.74) is 6.10. The van der Waals surface area contributed by atoms with E-state index in [1.165, 1.54) is 9.08 Å². The van der Waals surface area contributed by atoms with Crippen LogP contribution in [0.3, 0.4) is 0 Å². The van der Waals surface area contributed by atoms with Crippen LogP contribution in [0.4, 0.5) is 5.82 Å². The first-order valence-electron chi connectivity index (χ1n) is 9.12. The van der Waals surface area contributed by atoms with Crippen LogP contribution in [0.5, 0.6) is 5.88 Å². The van der Waals surface area contributed by atoms with Gasteiger partial charge < -0.3 is 16.2 Å². The number of nitrogens with one attached hydrogen (secondary N) is 2. The van der Waals surface area contributed by atoms with Crippen molar-refractivity contribution >= 4 is 17.4 Å².